The van der Waals surface area contributed by atoms with Gasteiger partial charge in [0.25, 0.3) is 0 Å². The van der Waals surface area contributed by atoms with Crippen LogP contribution in [0.3, 0.4) is 0 Å². The first-order valence-electron chi connectivity index (χ1n) is 12.0. The third-order valence-electron chi connectivity index (χ3n) is 6.53. The highest BCUT2D eigenvalue weighted by Crippen LogP contribution is 2.29. The molecule has 0 spiro atoms. The number of carbonyl (C=O) groups excluding carboxylic acids is 3. The van der Waals surface area contributed by atoms with Gasteiger partial charge in [-0.05, 0) is 29.7 Å². The molecule has 2 heterocycles. The summed E-state index contributed by atoms with van der Waals surface area (Å²) < 4.78 is 5.24. The van der Waals surface area contributed by atoms with E-state index in [1.807, 2.05) is 61.5 Å². The number of carbonyl (C=O) groups is 3. The molecule has 0 aliphatic carbocycles. The van der Waals surface area contributed by atoms with Gasteiger partial charge in [0.15, 0.2) is 0 Å². The second kappa shape index (κ2) is 10.8. The third kappa shape index (κ3) is 5.24. The Kier molecular flexibility index (Phi) is 7.55. The van der Waals surface area contributed by atoms with Gasteiger partial charge in [0, 0.05) is 20.1 Å². The molecule has 1 N–H and O–H groups in total. The Morgan fingerprint density at radius 1 is 1.06 bits per heavy atom. The molecular weight excluding hydrogens is 446 g/mol. The lowest BCUT2D eigenvalue weighted by molar-refractivity contribution is -0.188. The lowest BCUT2D eigenvalue weighted by Gasteiger charge is -2.54. The van der Waals surface area contributed by atoms with Crippen molar-refractivity contribution >= 4 is 17.8 Å². The largest absolute Gasteiger partial charge is 0.497 e. The molecule has 2 aromatic carbocycles. The van der Waals surface area contributed by atoms with Crippen LogP contribution in [0, 0.1) is 0 Å². The summed E-state index contributed by atoms with van der Waals surface area (Å²) in [6, 6.07) is 16.4. The van der Waals surface area contributed by atoms with E-state index in [2.05, 4.69) is 5.32 Å². The number of fused-ring (bicyclic) bond motifs is 1. The summed E-state index contributed by atoms with van der Waals surface area (Å²) in [5.41, 5.74) is 1.94. The molecular formula is C26H33N5O4. The fourth-order valence-corrected chi connectivity index (χ4v) is 4.80. The predicted molar refractivity (Wildman–Crippen MR) is 131 cm³/mol. The van der Waals surface area contributed by atoms with E-state index in [0.29, 0.717) is 19.5 Å². The number of benzene rings is 2. The van der Waals surface area contributed by atoms with Gasteiger partial charge in [-0.25, -0.2) is 14.8 Å². The van der Waals surface area contributed by atoms with Gasteiger partial charge >= 0.3 is 6.03 Å². The Labute approximate surface area is 206 Å². The van der Waals surface area contributed by atoms with E-state index >= 15 is 0 Å². The molecule has 186 valence electrons. The van der Waals surface area contributed by atoms with Crippen molar-refractivity contribution in [1.29, 1.82) is 0 Å². The molecule has 35 heavy (non-hydrogen) atoms. The molecule has 2 saturated heterocycles. The van der Waals surface area contributed by atoms with Crippen LogP contribution >= 0.6 is 0 Å². The highest BCUT2D eigenvalue weighted by Gasteiger charge is 2.50. The standard InChI is InChI=1S/C26H33N5O4/c1-4-8-22-25(33)29(16-20-11-13-21(35-3)14-12-20)17-23-30(22)24(32)18-28(2)31(23)26(34)27-15-19-9-6-5-7-10-19/h5-7,9-14,22-23H,4,8,15-18H2,1-3H3,(H,27,34)/t22-,23-/m0/s1. The summed E-state index contributed by atoms with van der Waals surface area (Å²) in [6.07, 6.45) is 0.715. The SMILES string of the molecule is CCC[C@H]1C(=O)N(Cc2ccc(OC)cc2)C[C@H]2N1C(=O)CN(C)N2C(=O)NCc1ccccc1. The number of amides is 4. The summed E-state index contributed by atoms with van der Waals surface area (Å²) >= 11 is 0. The summed E-state index contributed by atoms with van der Waals surface area (Å²) in [6.45, 7) is 3.04. The molecule has 9 heteroatoms. The molecule has 4 amide bonds. The van der Waals surface area contributed by atoms with Crippen LogP contribution in [-0.4, -0.2) is 77.1 Å². The van der Waals surface area contributed by atoms with Crippen LogP contribution in [0.4, 0.5) is 4.79 Å². The number of nitrogens with zero attached hydrogens (tertiary/aromatic N) is 4. The third-order valence-corrected chi connectivity index (χ3v) is 6.53. The van der Waals surface area contributed by atoms with Gasteiger partial charge in [0.05, 0.1) is 20.2 Å². The lowest BCUT2D eigenvalue weighted by Crippen LogP contribution is -2.75. The Morgan fingerprint density at radius 3 is 2.43 bits per heavy atom. The van der Waals surface area contributed by atoms with Crippen LogP contribution in [0.1, 0.15) is 30.9 Å². The van der Waals surface area contributed by atoms with Crippen molar-refractivity contribution in [3.05, 3.63) is 65.7 Å². The molecule has 0 aromatic heterocycles. The Hall–Kier alpha value is -3.59. The van der Waals surface area contributed by atoms with E-state index in [4.69, 9.17) is 4.74 Å². The number of likely N-dealkylation sites (N-methyl/N-ethyl adjacent to an activating group) is 1. The van der Waals surface area contributed by atoms with Crippen molar-refractivity contribution in [1.82, 2.24) is 25.1 Å². The average Bonchev–Trinajstić information content (AvgIpc) is 2.86. The van der Waals surface area contributed by atoms with Crippen LogP contribution in [0.15, 0.2) is 54.6 Å². The van der Waals surface area contributed by atoms with Crippen LogP contribution in [0.25, 0.3) is 0 Å². The summed E-state index contributed by atoms with van der Waals surface area (Å²) in [4.78, 5) is 43.3. The lowest BCUT2D eigenvalue weighted by atomic mass is 10.0. The van der Waals surface area contributed by atoms with Crippen LogP contribution in [0.2, 0.25) is 0 Å². The number of nitrogens with one attached hydrogen (secondary N) is 1. The number of piperazine rings is 1. The highest BCUT2D eigenvalue weighted by atomic mass is 16.5. The van der Waals surface area contributed by atoms with E-state index in [0.717, 1.165) is 23.3 Å². The molecule has 2 fully saturated rings. The minimum atomic E-state index is -0.595. The van der Waals surface area contributed by atoms with Crippen molar-refractivity contribution in [3.63, 3.8) is 0 Å². The second-order valence-electron chi connectivity index (χ2n) is 8.96. The maximum atomic E-state index is 13.5. The molecule has 2 aliphatic heterocycles. The van der Waals surface area contributed by atoms with E-state index in [9.17, 15) is 14.4 Å². The molecule has 9 nitrogen and oxygen atoms in total. The summed E-state index contributed by atoms with van der Waals surface area (Å²) in [7, 11) is 3.34. The minimum absolute atomic E-state index is 0.0429. The van der Waals surface area contributed by atoms with Crippen molar-refractivity contribution in [2.45, 2.75) is 45.1 Å². The van der Waals surface area contributed by atoms with E-state index < -0.39 is 12.2 Å². The van der Waals surface area contributed by atoms with E-state index in [1.54, 1.807) is 34.0 Å². The molecule has 0 unspecified atom stereocenters. The number of urea groups is 1. The zero-order valence-electron chi connectivity index (χ0n) is 20.5. The van der Waals surface area contributed by atoms with Gasteiger partial charge in [0.1, 0.15) is 18.0 Å². The average molecular weight is 480 g/mol. The topological polar surface area (TPSA) is 85.4 Å². The van der Waals surface area contributed by atoms with Crippen molar-refractivity contribution < 1.29 is 19.1 Å². The van der Waals surface area contributed by atoms with Gasteiger partial charge < -0.3 is 19.9 Å². The number of hydrogen-bond donors (Lipinski definition) is 1. The Morgan fingerprint density at radius 2 is 1.77 bits per heavy atom. The molecule has 0 saturated carbocycles. The summed E-state index contributed by atoms with van der Waals surface area (Å²) in [5, 5.41) is 6.20. The smallest absolute Gasteiger partial charge is 0.334 e. The first kappa shape index (κ1) is 24.5. The molecule has 2 aliphatic rings. The quantitative estimate of drug-likeness (QED) is 0.659. The molecule has 2 atom stereocenters. The fourth-order valence-electron chi connectivity index (χ4n) is 4.80. The number of ether oxygens (including phenoxy) is 1. The molecule has 2 aromatic rings. The van der Waals surface area contributed by atoms with Crippen LogP contribution < -0.4 is 10.1 Å². The van der Waals surface area contributed by atoms with Crippen LogP contribution in [-0.2, 0) is 22.7 Å². The van der Waals surface area contributed by atoms with Crippen LogP contribution in [0.5, 0.6) is 5.75 Å². The number of methoxy groups -OCH3 is 1. The van der Waals surface area contributed by atoms with E-state index in [1.165, 1.54) is 0 Å². The minimum Gasteiger partial charge on any atom is -0.497 e. The zero-order valence-corrected chi connectivity index (χ0v) is 20.5. The first-order valence-corrected chi connectivity index (χ1v) is 12.0. The molecule has 0 radical (unpaired) electrons. The molecule has 4 rings (SSSR count). The predicted octanol–water partition coefficient (Wildman–Crippen LogP) is 2.43. The summed E-state index contributed by atoms with van der Waals surface area (Å²) in [5.74, 6) is 0.525. The maximum Gasteiger partial charge on any atom is 0.334 e. The van der Waals surface area contributed by atoms with Gasteiger partial charge in [-0.2, -0.15) is 0 Å². The van der Waals surface area contributed by atoms with Crippen molar-refractivity contribution in [2.75, 3.05) is 27.2 Å². The number of rotatable bonds is 7. The normalized spacial score (nSPS) is 20.6. The fraction of sp³-hybridized carbons (Fsp3) is 0.423. The number of hydrazine groups is 1. The van der Waals surface area contributed by atoms with Gasteiger partial charge in [0.2, 0.25) is 11.8 Å². The maximum absolute atomic E-state index is 13.5. The van der Waals surface area contributed by atoms with Gasteiger partial charge in [-0.1, -0.05) is 55.8 Å². The second-order valence-corrected chi connectivity index (χ2v) is 8.96. The Bertz CT molecular complexity index is 1050. The number of hydrogen-bond acceptors (Lipinski definition) is 5. The van der Waals surface area contributed by atoms with Crippen molar-refractivity contribution in [3.8, 4) is 5.75 Å². The van der Waals surface area contributed by atoms with E-state index in [-0.39, 0.29) is 30.9 Å². The Balaban J connectivity index is 1.58. The van der Waals surface area contributed by atoms with Gasteiger partial charge in [-0.3, -0.25) is 9.59 Å². The molecule has 0 bridgehead atoms. The van der Waals surface area contributed by atoms with Gasteiger partial charge in [-0.15, -0.1) is 0 Å². The zero-order chi connectivity index (χ0) is 24.9. The monoisotopic (exact) mass is 479 g/mol. The highest BCUT2D eigenvalue weighted by molar-refractivity contribution is 5.91. The first-order chi connectivity index (χ1) is 16.9. The van der Waals surface area contributed by atoms with Crippen molar-refractivity contribution in [2.24, 2.45) is 0 Å².